The molecule has 3 nitrogen and oxygen atoms in total. The summed E-state index contributed by atoms with van der Waals surface area (Å²) in [5.74, 6) is -0.633. The van der Waals surface area contributed by atoms with Gasteiger partial charge in [-0.3, -0.25) is 4.79 Å². The zero-order valence-corrected chi connectivity index (χ0v) is 11.7. The van der Waals surface area contributed by atoms with E-state index >= 15 is 0 Å². The summed E-state index contributed by atoms with van der Waals surface area (Å²) in [4.78, 5) is 11.7. The summed E-state index contributed by atoms with van der Waals surface area (Å²) in [6.45, 7) is 1.94. The van der Waals surface area contributed by atoms with Crippen LogP contribution >= 0.6 is 11.6 Å². The maximum absolute atomic E-state index is 12.8. The number of hydrogen-bond acceptors (Lipinski definition) is 2. The highest BCUT2D eigenvalue weighted by molar-refractivity contribution is 6.30. The molecule has 7 heteroatoms. The molecule has 1 amide bonds. The van der Waals surface area contributed by atoms with E-state index in [0.717, 1.165) is 25.0 Å². The largest absolute Gasteiger partial charge is 0.418 e. The molecule has 0 aromatic heterocycles. The van der Waals surface area contributed by atoms with Gasteiger partial charge in [0.25, 0.3) is 0 Å². The zero-order valence-electron chi connectivity index (χ0n) is 10.9. The van der Waals surface area contributed by atoms with Crippen LogP contribution in [0.1, 0.15) is 31.7 Å². The number of anilines is 1. The third-order valence-corrected chi connectivity index (χ3v) is 2.99. The van der Waals surface area contributed by atoms with Gasteiger partial charge < -0.3 is 11.1 Å². The molecule has 1 aromatic carbocycles. The number of unbranched alkanes of at least 4 members (excludes halogenated alkanes) is 1. The van der Waals surface area contributed by atoms with Crippen molar-refractivity contribution in [3.05, 3.63) is 28.8 Å². The third-order valence-electron chi connectivity index (χ3n) is 2.75. The van der Waals surface area contributed by atoms with Crippen molar-refractivity contribution in [3.63, 3.8) is 0 Å². The first kappa shape index (κ1) is 16.8. The van der Waals surface area contributed by atoms with Crippen LogP contribution in [0.5, 0.6) is 0 Å². The molecule has 0 radical (unpaired) electrons. The maximum atomic E-state index is 12.8. The SMILES string of the molecule is CCCC[C@H](N)C(=O)Nc1ccc(Cl)cc1C(F)(F)F. The van der Waals surface area contributed by atoms with Crippen LogP contribution < -0.4 is 11.1 Å². The van der Waals surface area contributed by atoms with Gasteiger partial charge in [0.2, 0.25) is 5.91 Å². The Morgan fingerprint density at radius 2 is 2.10 bits per heavy atom. The molecule has 0 unspecified atom stereocenters. The normalized spacial score (nSPS) is 13.1. The molecule has 0 aliphatic heterocycles. The number of halogens is 4. The molecule has 0 bridgehead atoms. The van der Waals surface area contributed by atoms with Crippen LogP contribution in [0.3, 0.4) is 0 Å². The average Bonchev–Trinajstić information content (AvgIpc) is 2.36. The number of nitrogens with one attached hydrogen (secondary N) is 1. The number of amides is 1. The Morgan fingerprint density at radius 1 is 1.45 bits per heavy atom. The van der Waals surface area contributed by atoms with Crippen LogP contribution in [0.2, 0.25) is 5.02 Å². The zero-order chi connectivity index (χ0) is 15.3. The van der Waals surface area contributed by atoms with Crippen LogP contribution in [-0.2, 0) is 11.0 Å². The molecule has 0 saturated carbocycles. The van der Waals surface area contributed by atoms with Gasteiger partial charge in [-0.05, 0) is 24.6 Å². The third kappa shape index (κ3) is 4.68. The van der Waals surface area contributed by atoms with E-state index in [2.05, 4.69) is 5.32 Å². The summed E-state index contributed by atoms with van der Waals surface area (Å²) in [7, 11) is 0. The van der Waals surface area contributed by atoms with Crippen molar-refractivity contribution in [3.8, 4) is 0 Å². The van der Waals surface area contributed by atoms with Crippen LogP contribution in [0.4, 0.5) is 18.9 Å². The molecular formula is C13H16ClF3N2O. The first-order valence-corrected chi connectivity index (χ1v) is 6.56. The Labute approximate surface area is 120 Å². The second kappa shape index (κ2) is 6.95. The van der Waals surface area contributed by atoms with E-state index < -0.39 is 23.7 Å². The van der Waals surface area contributed by atoms with E-state index in [1.165, 1.54) is 6.07 Å². The summed E-state index contributed by atoms with van der Waals surface area (Å²) in [5.41, 5.74) is 4.30. The van der Waals surface area contributed by atoms with Gasteiger partial charge in [-0.25, -0.2) is 0 Å². The highest BCUT2D eigenvalue weighted by atomic mass is 35.5. The fourth-order valence-electron chi connectivity index (χ4n) is 1.64. The molecule has 112 valence electrons. The van der Waals surface area contributed by atoms with Crippen LogP contribution in [-0.4, -0.2) is 11.9 Å². The summed E-state index contributed by atoms with van der Waals surface area (Å²) >= 11 is 5.55. The molecule has 1 aromatic rings. The molecule has 0 spiro atoms. The van der Waals surface area contributed by atoms with E-state index in [-0.39, 0.29) is 10.7 Å². The number of alkyl halides is 3. The summed E-state index contributed by atoms with van der Waals surface area (Å²) in [5, 5.41) is 2.16. The van der Waals surface area contributed by atoms with Gasteiger partial charge >= 0.3 is 6.18 Å². The van der Waals surface area contributed by atoms with Gasteiger partial charge in [0.1, 0.15) is 0 Å². The summed E-state index contributed by atoms with van der Waals surface area (Å²) < 4.78 is 38.5. The Bertz CT molecular complexity index is 477. The van der Waals surface area contributed by atoms with Crippen LogP contribution in [0, 0.1) is 0 Å². The number of carbonyl (C=O) groups is 1. The Kier molecular flexibility index (Phi) is 5.83. The molecule has 0 saturated heterocycles. The van der Waals surface area contributed by atoms with Crippen molar-refractivity contribution in [2.45, 2.75) is 38.4 Å². The molecule has 20 heavy (non-hydrogen) atoms. The van der Waals surface area contributed by atoms with Crippen molar-refractivity contribution in [1.29, 1.82) is 0 Å². The summed E-state index contributed by atoms with van der Waals surface area (Å²) in [6.07, 6.45) is -2.57. The van der Waals surface area contributed by atoms with E-state index in [0.29, 0.717) is 6.42 Å². The van der Waals surface area contributed by atoms with Crippen LogP contribution in [0.15, 0.2) is 18.2 Å². The Morgan fingerprint density at radius 3 is 2.65 bits per heavy atom. The molecule has 0 aliphatic carbocycles. The predicted molar refractivity (Wildman–Crippen MR) is 72.6 cm³/mol. The minimum atomic E-state index is -4.60. The first-order chi connectivity index (χ1) is 9.25. The first-order valence-electron chi connectivity index (χ1n) is 6.19. The number of nitrogens with two attached hydrogens (primary N) is 1. The Balaban J connectivity index is 2.90. The average molecular weight is 309 g/mol. The fraction of sp³-hybridized carbons (Fsp3) is 0.462. The second-order valence-electron chi connectivity index (χ2n) is 4.43. The van der Waals surface area contributed by atoms with Crippen molar-refractivity contribution >= 4 is 23.2 Å². The van der Waals surface area contributed by atoms with Crippen molar-refractivity contribution in [2.75, 3.05) is 5.32 Å². The number of carbonyl (C=O) groups excluding carboxylic acids is 1. The standard InChI is InChI=1S/C13H16ClF3N2O/c1-2-3-4-10(18)12(20)19-11-6-5-8(14)7-9(11)13(15,16)17/h5-7,10H,2-4,18H2,1H3,(H,19,20)/t10-/m0/s1. The molecule has 3 N–H and O–H groups in total. The van der Waals surface area contributed by atoms with E-state index in [9.17, 15) is 18.0 Å². The van der Waals surface area contributed by atoms with Crippen molar-refractivity contribution in [1.82, 2.24) is 0 Å². The molecule has 1 rings (SSSR count). The lowest BCUT2D eigenvalue weighted by Crippen LogP contribution is -2.36. The lowest BCUT2D eigenvalue weighted by atomic mass is 10.1. The fourth-order valence-corrected chi connectivity index (χ4v) is 1.81. The smallest absolute Gasteiger partial charge is 0.324 e. The Hall–Kier alpha value is -1.27. The topological polar surface area (TPSA) is 55.1 Å². The summed E-state index contributed by atoms with van der Waals surface area (Å²) in [6, 6.07) is 2.35. The minimum absolute atomic E-state index is 0.0504. The van der Waals surface area contributed by atoms with E-state index in [1.807, 2.05) is 6.92 Å². The van der Waals surface area contributed by atoms with E-state index in [4.69, 9.17) is 17.3 Å². The predicted octanol–water partition coefficient (Wildman–Crippen LogP) is 3.81. The lowest BCUT2D eigenvalue weighted by molar-refractivity contribution is -0.137. The van der Waals surface area contributed by atoms with Gasteiger partial charge in [-0.1, -0.05) is 31.4 Å². The van der Waals surface area contributed by atoms with Crippen LogP contribution in [0.25, 0.3) is 0 Å². The number of hydrogen-bond donors (Lipinski definition) is 2. The van der Waals surface area contributed by atoms with Gasteiger partial charge in [0.15, 0.2) is 0 Å². The quantitative estimate of drug-likeness (QED) is 0.869. The number of benzene rings is 1. The van der Waals surface area contributed by atoms with Crippen molar-refractivity contribution < 1.29 is 18.0 Å². The minimum Gasteiger partial charge on any atom is -0.324 e. The van der Waals surface area contributed by atoms with Gasteiger partial charge in [-0.15, -0.1) is 0 Å². The van der Waals surface area contributed by atoms with Crippen molar-refractivity contribution in [2.24, 2.45) is 5.73 Å². The molecule has 1 atom stereocenters. The molecular weight excluding hydrogens is 293 g/mol. The lowest BCUT2D eigenvalue weighted by Gasteiger charge is -2.16. The van der Waals surface area contributed by atoms with E-state index in [1.54, 1.807) is 0 Å². The molecule has 0 heterocycles. The molecule has 0 fully saturated rings. The maximum Gasteiger partial charge on any atom is 0.418 e. The highest BCUT2D eigenvalue weighted by Crippen LogP contribution is 2.36. The monoisotopic (exact) mass is 308 g/mol. The van der Waals surface area contributed by atoms with Gasteiger partial charge in [-0.2, -0.15) is 13.2 Å². The highest BCUT2D eigenvalue weighted by Gasteiger charge is 2.34. The molecule has 0 aliphatic rings. The van der Waals surface area contributed by atoms with Gasteiger partial charge in [0.05, 0.1) is 17.3 Å². The number of rotatable bonds is 5. The van der Waals surface area contributed by atoms with Gasteiger partial charge in [0, 0.05) is 5.02 Å². The second-order valence-corrected chi connectivity index (χ2v) is 4.86.